The number of fused-ring (bicyclic) bond motifs is 3. The average Bonchev–Trinajstić information content (AvgIpc) is 2.98. The molecule has 3 fully saturated rings. The Labute approximate surface area is 117 Å². The van der Waals surface area contributed by atoms with Crippen LogP contribution in [0.4, 0.5) is 0 Å². The van der Waals surface area contributed by atoms with Gasteiger partial charge in [0.25, 0.3) is 0 Å². The number of ether oxygens (including phenoxy) is 5. The van der Waals surface area contributed by atoms with Crippen LogP contribution in [0.25, 0.3) is 0 Å². The lowest BCUT2D eigenvalue weighted by atomic mass is 10.1. The summed E-state index contributed by atoms with van der Waals surface area (Å²) in [6.07, 6.45) is -1.28. The maximum Gasteiger partial charge on any atom is 0.190 e. The summed E-state index contributed by atoms with van der Waals surface area (Å²) in [6.45, 7) is 4.29. The summed E-state index contributed by atoms with van der Waals surface area (Å²) >= 11 is 0. The fourth-order valence-corrected chi connectivity index (χ4v) is 3.03. The van der Waals surface area contributed by atoms with Gasteiger partial charge < -0.3 is 23.7 Å². The summed E-state index contributed by atoms with van der Waals surface area (Å²) in [5.41, 5.74) is 0.986. The van der Waals surface area contributed by atoms with Gasteiger partial charge in [0.2, 0.25) is 0 Å². The highest BCUT2D eigenvalue weighted by molar-refractivity contribution is 5.17. The van der Waals surface area contributed by atoms with Crippen molar-refractivity contribution in [1.82, 2.24) is 0 Å². The van der Waals surface area contributed by atoms with Crippen molar-refractivity contribution < 1.29 is 23.7 Å². The van der Waals surface area contributed by atoms with E-state index in [2.05, 4.69) is 0 Å². The van der Waals surface area contributed by atoms with Gasteiger partial charge in [-0.05, 0) is 13.8 Å². The molecule has 3 aliphatic rings. The minimum atomic E-state index is -0.595. The van der Waals surface area contributed by atoms with Crippen molar-refractivity contribution in [3.8, 4) is 0 Å². The predicted molar refractivity (Wildman–Crippen MR) is 68.7 cm³/mol. The van der Waals surface area contributed by atoms with E-state index in [1.54, 1.807) is 0 Å². The third kappa shape index (κ3) is 2.06. The van der Waals surface area contributed by atoms with E-state index in [0.717, 1.165) is 5.56 Å². The summed E-state index contributed by atoms with van der Waals surface area (Å²) in [5, 5.41) is 0. The van der Waals surface area contributed by atoms with Crippen molar-refractivity contribution in [2.75, 3.05) is 6.61 Å². The first-order valence-corrected chi connectivity index (χ1v) is 6.95. The Hall–Kier alpha value is -0.980. The molecule has 5 heteroatoms. The van der Waals surface area contributed by atoms with Gasteiger partial charge in [0, 0.05) is 5.56 Å². The number of rotatable bonds is 1. The molecule has 0 saturated carbocycles. The van der Waals surface area contributed by atoms with Crippen LogP contribution < -0.4 is 0 Å². The van der Waals surface area contributed by atoms with E-state index in [1.807, 2.05) is 44.2 Å². The quantitative estimate of drug-likeness (QED) is 0.786. The smallest absolute Gasteiger partial charge is 0.190 e. The lowest BCUT2D eigenvalue weighted by Gasteiger charge is -2.30. The second kappa shape index (κ2) is 4.51. The normalized spacial score (nSPS) is 42.2. The lowest BCUT2D eigenvalue weighted by molar-refractivity contribution is -0.187. The van der Waals surface area contributed by atoms with Crippen LogP contribution >= 0.6 is 0 Å². The predicted octanol–water partition coefficient (Wildman–Crippen LogP) is 1.98. The molecule has 4 rings (SSSR count). The van der Waals surface area contributed by atoms with Crippen LogP contribution in [0.1, 0.15) is 25.7 Å². The molecule has 5 nitrogen and oxygen atoms in total. The Balaban J connectivity index is 1.55. The van der Waals surface area contributed by atoms with E-state index in [-0.39, 0.29) is 24.6 Å². The van der Waals surface area contributed by atoms with Crippen molar-refractivity contribution in [3.63, 3.8) is 0 Å². The maximum absolute atomic E-state index is 6.01. The van der Waals surface area contributed by atoms with Gasteiger partial charge in [-0.15, -0.1) is 0 Å². The molecule has 0 amide bonds. The van der Waals surface area contributed by atoms with Gasteiger partial charge in [-0.25, -0.2) is 0 Å². The molecule has 1 aromatic rings. The van der Waals surface area contributed by atoms with Crippen LogP contribution in [0.3, 0.4) is 0 Å². The SMILES string of the molecule is CC1(C)O[C@H]2[C@@H]3OC(c4ccccc4)O[C@@H]3OC[C@H]2O1. The molecule has 0 N–H and O–H groups in total. The van der Waals surface area contributed by atoms with Crippen LogP contribution in [0, 0.1) is 0 Å². The standard InChI is InChI=1S/C15H18O5/c1-15(2)19-10-8-16-14-12(11(10)20-15)17-13(18-14)9-6-4-3-5-7-9/h3-7,10-14H,8H2,1-2H3/t10-,11-,12+,13?,14+/m1/s1. The van der Waals surface area contributed by atoms with Crippen LogP contribution in [0.5, 0.6) is 0 Å². The largest absolute Gasteiger partial charge is 0.347 e. The minimum absolute atomic E-state index is 0.0932. The highest BCUT2D eigenvalue weighted by atomic mass is 16.8. The first kappa shape index (κ1) is 12.7. The second-order valence-electron chi connectivity index (χ2n) is 5.82. The average molecular weight is 278 g/mol. The van der Waals surface area contributed by atoms with Crippen molar-refractivity contribution in [3.05, 3.63) is 35.9 Å². The Kier molecular flexibility index (Phi) is 2.87. The second-order valence-corrected chi connectivity index (χ2v) is 5.82. The zero-order chi connectivity index (χ0) is 13.7. The fraction of sp³-hybridized carbons (Fsp3) is 0.600. The van der Waals surface area contributed by atoms with Gasteiger partial charge >= 0.3 is 0 Å². The van der Waals surface area contributed by atoms with Gasteiger partial charge in [-0.2, -0.15) is 0 Å². The topological polar surface area (TPSA) is 46.2 Å². The molecule has 3 saturated heterocycles. The van der Waals surface area contributed by atoms with Gasteiger partial charge in [0.05, 0.1) is 6.61 Å². The first-order chi connectivity index (χ1) is 9.62. The summed E-state index contributed by atoms with van der Waals surface area (Å²) in [6, 6.07) is 9.86. The monoisotopic (exact) mass is 278 g/mol. The summed E-state index contributed by atoms with van der Waals surface area (Å²) in [4.78, 5) is 0. The molecule has 108 valence electrons. The summed E-state index contributed by atoms with van der Waals surface area (Å²) in [5.74, 6) is -0.595. The van der Waals surface area contributed by atoms with E-state index in [0.29, 0.717) is 6.61 Å². The van der Waals surface area contributed by atoms with Gasteiger partial charge in [-0.3, -0.25) is 0 Å². The Morgan fingerprint density at radius 3 is 2.60 bits per heavy atom. The third-order valence-corrected chi connectivity index (χ3v) is 3.85. The van der Waals surface area contributed by atoms with Crippen LogP contribution in [0.15, 0.2) is 30.3 Å². The lowest BCUT2D eigenvalue weighted by Crippen LogP contribution is -2.49. The Bertz CT molecular complexity index is 488. The highest BCUT2D eigenvalue weighted by Gasteiger charge is 2.55. The van der Waals surface area contributed by atoms with Gasteiger partial charge in [-0.1, -0.05) is 30.3 Å². The molecule has 5 atom stereocenters. The summed E-state index contributed by atoms with van der Waals surface area (Å²) in [7, 11) is 0. The molecule has 0 radical (unpaired) electrons. The van der Waals surface area contributed by atoms with E-state index < -0.39 is 12.1 Å². The van der Waals surface area contributed by atoms with E-state index in [4.69, 9.17) is 23.7 Å². The van der Waals surface area contributed by atoms with Crippen LogP contribution in [0.2, 0.25) is 0 Å². The number of hydrogen-bond acceptors (Lipinski definition) is 5. The fourth-order valence-electron chi connectivity index (χ4n) is 3.03. The van der Waals surface area contributed by atoms with Crippen molar-refractivity contribution in [2.45, 2.75) is 50.5 Å². The van der Waals surface area contributed by atoms with Crippen molar-refractivity contribution in [2.24, 2.45) is 0 Å². The zero-order valence-corrected chi connectivity index (χ0v) is 11.5. The maximum atomic E-state index is 6.01. The van der Waals surface area contributed by atoms with Gasteiger partial charge in [0.15, 0.2) is 18.4 Å². The van der Waals surface area contributed by atoms with Crippen molar-refractivity contribution >= 4 is 0 Å². The minimum Gasteiger partial charge on any atom is -0.347 e. The van der Waals surface area contributed by atoms with Gasteiger partial charge in [0.1, 0.15) is 18.3 Å². The first-order valence-electron chi connectivity index (χ1n) is 6.95. The highest BCUT2D eigenvalue weighted by Crippen LogP contribution is 2.42. The Morgan fingerprint density at radius 1 is 1.00 bits per heavy atom. The van der Waals surface area contributed by atoms with Crippen molar-refractivity contribution in [1.29, 1.82) is 0 Å². The zero-order valence-electron chi connectivity index (χ0n) is 11.5. The molecular formula is C15H18O5. The van der Waals surface area contributed by atoms with E-state index in [9.17, 15) is 0 Å². The molecule has 0 spiro atoms. The summed E-state index contributed by atoms with van der Waals surface area (Å²) < 4.78 is 29.3. The van der Waals surface area contributed by atoms with Crippen LogP contribution in [-0.2, 0) is 23.7 Å². The number of hydrogen-bond donors (Lipinski definition) is 0. The van der Waals surface area contributed by atoms with E-state index >= 15 is 0 Å². The molecule has 20 heavy (non-hydrogen) atoms. The molecule has 1 unspecified atom stereocenters. The van der Waals surface area contributed by atoms with E-state index in [1.165, 1.54) is 0 Å². The Morgan fingerprint density at radius 2 is 1.80 bits per heavy atom. The van der Waals surface area contributed by atoms with Crippen LogP contribution in [-0.4, -0.2) is 37.0 Å². The molecule has 3 aliphatic heterocycles. The molecular weight excluding hydrogens is 260 g/mol. The number of benzene rings is 1. The molecule has 1 aromatic carbocycles. The molecule has 3 heterocycles. The third-order valence-electron chi connectivity index (χ3n) is 3.85. The molecule has 0 aromatic heterocycles. The molecule has 0 aliphatic carbocycles. The molecule has 0 bridgehead atoms.